The SMILES string of the molecule is C=CCN(Cc1ccccc1)C(=O)[C@H]1[C@H]2C(=O)N([C@@H](CO)Cc3ccccc3)C(C(=O)N(CC=C)c3c(C)cccc3C)C23CC(C)[C@]1(C)O3. The molecular formula is C42H49N3O5. The van der Waals surface area contributed by atoms with Gasteiger partial charge in [0.1, 0.15) is 11.6 Å². The van der Waals surface area contributed by atoms with Crippen molar-refractivity contribution in [3.05, 3.63) is 126 Å². The molecule has 1 N–H and O–H groups in total. The van der Waals surface area contributed by atoms with E-state index >= 15 is 9.59 Å². The average molecular weight is 676 g/mol. The lowest BCUT2D eigenvalue weighted by Crippen LogP contribution is -2.59. The van der Waals surface area contributed by atoms with Crippen LogP contribution in [0, 0.1) is 31.6 Å². The second-order valence-corrected chi connectivity index (χ2v) is 14.4. The van der Waals surface area contributed by atoms with E-state index in [0.29, 0.717) is 25.9 Å². The molecule has 3 aromatic carbocycles. The number of rotatable bonds is 13. The minimum Gasteiger partial charge on any atom is -0.394 e. The van der Waals surface area contributed by atoms with Crippen molar-refractivity contribution in [2.45, 2.75) is 70.4 Å². The van der Waals surface area contributed by atoms with Crippen molar-refractivity contribution in [2.75, 3.05) is 24.6 Å². The molecule has 8 nitrogen and oxygen atoms in total. The molecule has 3 saturated heterocycles. The van der Waals surface area contributed by atoms with Crippen LogP contribution < -0.4 is 4.90 Å². The maximum absolute atomic E-state index is 15.4. The number of carbonyl (C=O) groups excluding carboxylic acids is 3. The predicted molar refractivity (Wildman–Crippen MR) is 195 cm³/mol. The number of hydrogen-bond acceptors (Lipinski definition) is 5. The van der Waals surface area contributed by atoms with Crippen LogP contribution in [-0.4, -0.2) is 75.6 Å². The molecule has 0 radical (unpaired) electrons. The lowest BCUT2D eigenvalue weighted by Gasteiger charge is -2.40. The molecule has 3 heterocycles. The van der Waals surface area contributed by atoms with Crippen molar-refractivity contribution in [3.63, 3.8) is 0 Å². The van der Waals surface area contributed by atoms with Gasteiger partial charge in [0.2, 0.25) is 11.8 Å². The first kappa shape index (κ1) is 35.3. The van der Waals surface area contributed by atoms with E-state index in [-0.39, 0.29) is 36.8 Å². The summed E-state index contributed by atoms with van der Waals surface area (Å²) in [6.45, 7) is 16.3. The van der Waals surface area contributed by atoms with Crippen LogP contribution in [0.2, 0.25) is 0 Å². The van der Waals surface area contributed by atoms with E-state index in [1.807, 2.05) is 99.6 Å². The van der Waals surface area contributed by atoms with Gasteiger partial charge in [-0.05, 0) is 61.8 Å². The number of benzene rings is 3. The van der Waals surface area contributed by atoms with Crippen molar-refractivity contribution >= 4 is 23.4 Å². The Labute approximate surface area is 296 Å². The number of carbonyl (C=O) groups is 3. The molecule has 3 aliphatic heterocycles. The van der Waals surface area contributed by atoms with E-state index in [9.17, 15) is 9.90 Å². The van der Waals surface area contributed by atoms with Crippen molar-refractivity contribution < 1.29 is 24.2 Å². The fourth-order valence-electron chi connectivity index (χ4n) is 9.05. The van der Waals surface area contributed by atoms with Gasteiger partial charge in [0.05, 0.1) is 30.1 Å². The number of likely N-dealkylation sites (tertiary alicyclic amines) is 1. The third kappa shape index (κ3) is 5.78. The molecule has 3 unspecified atom stereocenters. The number of aliphatic hydroxyl groups is 1. The molecule has 6 rings (SSSR count). The maximum Gasteiger partial charge on any atom is 0.253 e. The molecule has 2 bridgehead atoms. The summed E-state index contributed by atoms with van der Waals surface area (Å²) < 4.78 is 7.11. The van der Waals surface area contributed by atoms with Crippen molar-refractivity contribution in [1.29, 1.82) is 0 Å². The minimum absolute atomic E-state index is 0.132. The van der Waals surface area contributed by atoms with E-state index in [1.54, 1.807) is 26.9 Å². The predicted octanol–water partition coefficient (Wildman–Crippen LogP) is 5.65. The molecule has 8 heteroatoms. The standard InChI is InChI=1S/C42H49N3O5/c1-7-22-43(26-32-20-13-10-14-21-32)38(47)34-35-39(48)45(33(27-46)24-31-18-11-9-12-19-31)37(42(35)25-30(5)41(34,6)50-42)40(49)44(23-8-2)36-28(3)16-15-17-29(36)4/h7-21,30,33-35,37,46H,1-2,22-27H2,3-6H3/t30?,33-,34-,35+,37?,41+,42?/m1/s1. The first-order valence-corrected chi connectivity index (χ1v) is 17.6. The third-order valence-corrected chi connectivity index (χ3v) is 11.3. The number of amides is 3. The Balaban J connectivity index is 1.49. The van der Waals surface area contributed by atoms with Crippen LogP contribution in [0.1, 0.15) is 42.5 Å². The summed E-state index contributed by atoms with van der Waals surface area (Å²) in [4.78, 5) is 50.5. The molecule has 0 aromatic heterocycles. The molecule has 0 saturated carbocycles. The van der Waals surface area contributed by atoms with Gasteiger partial charge in [-0.25, -0.2) is 0 Å². The third-order valence-electron chi connectivity index (χ3n) is 11.3. The van der Waals surface area contributed by atoms with E-state index in [2.05, 4.69) is 20.1 Å². The highest BCUT2D eigenvalue weighted by Crippen LogP contribution is 2.66. The summed E-state index contributed by atoms with van der Waals surface area (Å²) >= 11 is 0. The first-order valence-electron chi connectivity index (χ1n) is 17.6. The average Bonchev–Trinajstić information content (AvgIpc) is 3.63. The molecule has 3 amide bonds. The van der Waals surface area contributed by atoms with Gasteiger partial charge in [-0.15, -0.1) is 13.2 Å². The van der Waals surface area contributed by atoms with Crippen LogP contribution in [-0.2, 0) is 32.1 Å². The zero-order chi connectivity index (χ0) is 35.8. The zero-order valence-corrected chi connectivity index (χ0v) is 29.6. The molecule has 3 aromatic rings. The summed E-state index contributed by atoms with van der Waals surface area (Å²) in [6, 6.07) is 23.5. The van der Waals surface area contributed by atoms with Gasteiger partial charge < -0.3 is 24.5 Å². The first-order chi connectivity index (χ1) is 24.0. The maximum atomic E-state index is 15.4. The minimum atomic E-state index is -1.28. The van der Waals surface area contributed by atoms with Crippen LogP contribution in [0.3, 0.4) is 0 Å². The van der Waals surface area contributed by atoms with Crippen molar-refractivity contribution in [1.82, 2.24) is 9.80 Å². The summed E-state index contributed by atoms with van der Waals surface area (Å²) in [7, 11) is 0. The van der Waals surface area contributed by atoms with Gasteiger partial charge >= 0.3 is 0 Å². The Hall–Kier alpha value is -4.53. The molecule has 7 atom stereocenters. The number of nitrogens with zero attached hydrogens (tertiary/aromatic N) is 3. The van der Waals surface area contributed by atoms with Crippen LogP contribution >= 0.6 is 0 Å². The van der Waals surface area contributed by atoms with Gasteiger partial charge in [-0.1, -0.05) is 97.9 Å². The normalized spacial score (nSPS) is 27.1. The highest BCUT2D eigenvalue weighted by molar-refractivity contribution is 6.06. The quantitative estimate of drug-likeness (QED) is 0.237. The Bertz CT molecular complexity index is 1740. The van der Waals surface area contributed by atoms with Crippen LogP contribution in [0.4, 0.5) is 5.69 Å². The molecule has 0 aliphatic carbocycles. The Morgan fingerprint density at radius 1 is 0.940 bits per heavy atom. The van der Waals surface area contributed by atoms with Gasteiger partial charge in [-0.3, -0.25) is 14.4 Å². The van der Waals surface area contributed by atoms with E-state index in [0.717, 1.165) is 27.9 Å². The smallest absolute Gasteiger partial charge is 0.253 e. The lowest BCUT2D eigenvalue weighted by molar-refractivity contribution is -0.154. The number of aryl methyl sites for hydroxylation is 2. The number of aliphatic hydroxyl groups excluding tert-OH is 1. The monoisotopic (exact) mass is 675 g/mol. The highest BCUT2D eigenvalue weighted by atomic mass is 16.5. The van der Waals surface area contributed by atoms with Gasteiger partial charge in [0, 0.05) is 25.3 Å². The van der Waals surface area contributed by atoms with Gasteiger partial charge in [-0.2, -0.15) is 0 Å². The van der Waals surface area contributed by atoms with Crippen LogP contribution in [0.15, 0.2) is 104 Å². The molecule has 3 fully saturated rings. The van der Waals surface area contributed by atoms with E-state index < -0.39 is 35.1 Å². The van der Waals surface area contributed by atoms with Gasteiger partial charge in [0.25, 0.3) is 5.91 Å². The summed E-state index contributed by atoms with van der Waals surface area (Å²) in [5.74, 6) is -2.72. The molecule has 1 spiro atoms. The number of anilines is 1. The molecule has 50 heavy (non-hydrogen) atoms. The summed E-state index contributed by atoms with van der Waals surface area (Å²) in [5, 5.41) is 11.0. The highest BCUT2D eigenvalue weighted by Gasteiger charge is 2.80. The second-order valence-electron chi connectivity index (χ2n) is 14.4. The Kier molecular flexibility index (Phi) is 9.89. The number of ether oxygens (including phenoxy) is 1. The fraction of sp³-hybridized carbons (Fsp3) is 0.405. The number of para-hydroxylation sites is 1. The molecule has 262 valence electrons. The molecule has 3 aliphatic rings. The van der Waals surface area contributed by atoms with Gasteiger partial charge in [0.15, 0.2) is 0 Å². The summed E-state index contributed by atoms with van der Waals surface area (Å²) in [6.07, 6.45) is 4.15. The second kappa shape index (κ2) is 14.0. The fourth-order valence-corrected chi connectivity index (χ4v) is 9.05. The van der Waals surface area contributed by atoms with E-state index in [1.165, 1.54) is 0 Å². The van der Waals surface area contributed by atoms with Crippen LogP contribution in [0.5, 0.6) is 0 Å². The van der Waals surface area contributed by atoms with E-state index in [4.69, 9.17) is 4.74 Å². The largest absolute Gasteiger partial charge is 0.394 e. The summed E-state index contributed by atoms with van der Waals surface area (Å²) in [5.41, 5.74) is 2.20. The Morgan fingerprint density at radius 2 is 1.54 bits per heavy atom. The zero-order valence-electron chi connectivity index (χ0n) is 29.6. The molecular weight excluding hydrogens is 626 g/mol. The number of fused-ring (bicyclic) bond motifs is 1. The van der Waals surface area contributed by atoms with Crippen molar-refractivity contribution in [2.24, 2.45) is 17.8 Å². The Morgan fingerprint density at radius 3 is 2.12 bits per heavy atom. The topological polar surface area (TPSA) is 90.4 Å². The van der Waals surface area contributed by atoms with Crippen molar-refractivity contribution in [3.8, 4) is 0 Å². The van der Waals surface area contributed by atoms with Crippen LogP contribution in [0.25, 0.3) is 0 Å². The lowest BCUT2D eigenvalue weighted by atomic mass is 9.62. The number of hydrogen-bond donors (Lipinski definition) is 1.